The molecule has 5 heteroatoms. The van der Waals surface area contributed by atoms with E-state index in [1.165, 1.54) is 0 Å². The SMILES string of the molecule is O=C(O)C1CCC2(CC1)Oc1ccc(Br)cc1O2. The van der Waals surface area contributed by atoms with Crippen LogP contribution in [0.4, 0.5) is 0 Å². The van der Waals surface area contributed by atoms with E-state index in [2.05, 4.69) is 15.9 Å². The summed E-state index contributed by atoms with van der Waals surface area (Å²) in [4.78, 5) is 10.9. The van der Waals surface area contributed by atoms with Crippen molar-refractivity contribution in [3.63, 3.8) is 0 Å². The second kappa shape index (κ2) is 4.16. The van der Waals surface area contributed by atoms with Crippen molar-refractivity contribution in [1.29, 1.82) is 0 Å². The monoisotopic (exact) mass is 312 g/mol. The molecule has 1 N–H and O–H groups in total. The third-order valence-corrected chi connectivity index (χ3v) is 4.09. The maximum absolute atomic E-state index is 10.9. The van der Waals surface area contributed by atoms with Crippen LogP contribution in [0.25, 0.3) is 0 Å². The van der Waals surface area contributed by atoms with Gasteiger partial charge in [0.15, 0.2) is 11.5 Å². The van der Waals surface area contributed by atoms with Gasteiger partial charge in [-0.3, -0.25) is 4.79 Å². The molecule has 0 aromatic heterocycles. The van der Waals surface area contributed by atoms with E-state index in [-0.39, 0.29) is 5.92 Å². The van der Waals surface area contributed by atoms with E-state index in [9.17, 15) is 4.79 Å². The van der Waals surface area contributed by atoms with E-state index in [4.69, 9.17) is 14.6 Å². The van der Waals surface area contributed by atoms with Crippen molar-refractivity contribution in [3.8, 4) is 11.5 Å². The molecule has 0 amide bonds. The first-order chi connectivity index (χ1) is 8.58. The topological polar surface area (TPSA) is 55.8 Å². The van der Waals surface area contributed by atoms with Crippen LogP contribution in [0.2, 0.25) is 0 Å². The quantitative estimate of drug-likeness (QED) is 0.865. The summed E-state index contributed by atoms with van der Waals surface area (Å²) in [6.45, 7) is 0. The van der Waals surface area contributed by atoms with Crippen molar-refractivity contribution < 1.29 is 19.4 Å². The standard InChI is InChI=1S/C13H13BrO4/c14-9-1-2-10-11(7-9)18-13(17-10)5-3-8(4-6-13)12(15)16/h1-2,7-8H,3-6H2,(H,15,16). The summed E-state index contributed by atoms with van der Waals surface area (Å²) in [6, 6.07) is 5.66. The normalized spacial score (nSPS) is 29.5. The highest BCUT2D eigenvalue weighted by Gasteiger charge is 2.45. The first-order valence-corrected chi connectivity index (χ1v) is 6.78. The van der Waals surface area contributed by atoms with Crippen LogP contribution in [0.5, 0.6) is 11.5 Å². The third-order valence-electron chi connectivity index (χ3n) is 3.59. The zero-order valence-electron chi connectivity index (χ0n) is 9.69. The number of ether oxygens (including phenoxy) is 2. The maximum atomic E-state index is 10.9. The van der Waals surface area contributed by atoms with Crippen molar-refractivity contribution in [2.45, 2.75) is 31.5 Å². The lowest BCUT2D eigenvalue weighted by molar-refractivity contribution is -0.150. The van der Waals surface area contributed by atoms with Gasteiger partial charge in [-0.15, -0.1) is 0 Å². The summed E-state index contributed by atoms with van der Waals surface area (Å²) in [7, 11) is 0. The van der Waals surface area contributed by atoms with Crippen molar-refractivity contribution in [3.05, 3.63) is 22.7 Å². The Balaban J connectivity index is 1.76. The Bertz CT molecular complexity index is 492. The predicted octanol–water partition coefficient (Wildman–Crippen LogP) is 3.19. The van der Waals surface area contributed by atoms with Crippen molar-refractivity contribution in [2.75, 3.05) is 0 Å². The minimum Gasteiger partial charge on any atom is -0.481 e. The second-order valence-electron chi connectivity index (χ2n) is 4.82. The number of aliphatic carboxylic acids is 1. The zero-order valence-corrected chi connectivity index (χ0v) is 11.3. The number of carboxylic acids is 1. The van der Waals surface area contributed by atoms with Gasteiger partial charge in [0, 0.05) is 17.3 Å². The minimum absolute atomic E-state index is 0.265. The third kappa shape index (κ3) is 1.96. The molecule has 1 aliphatic heterocycles. The first-order valence-electron chi connectivity index (χ1n) is 5.98. The van der Waals surface area contributed by atoms with Gasteiger partial charge < -0.3 is 14.6 Å². The summed E-state index contributed by atoms with van der Waals surface area (Å²) in [5, 5.41) is 8.99. The lowest BCUT2D eigenvalue weighted by Gasteiger charge is -2.33. The van der Waals surface area contributed by atoms with E-state index in [1.54, 1.807) is 0 Å². The molecular formula is C13H13BrO4. The Morgan fingerprint density at radius 3 is 2.61 bits per heavy atom. The number of benzene rings is 1. The minimum atomic E-state index is -0.719. The number of hydrogen-bond donors (Lipinski definition) is 1. The Labute approximate surface area is 113 Å². The second-order valence-corrected chi connectivity index (χ2v) is 5.73. The highest BCUT2D eigenvalue weighted by molar-refractivity contribution is 9.10. The summed E-state index contributed by atoms with van der Waals surface area (Å²) < 4.78 is 12.7. The van der Waals surface area contributed by atoms with Crippen molar-refractivity contribution >= 4 is 21.9 Å². The summed E-state index contributed by atoms with van der Waals surface area (Å²) in [5.41, 5.74) is 0. The molecule has 1 fully saturated rings. The Morgan fingerprint density at radius 1 is 1.28 bits per heavy atom. The molecule has 2 aliphatic rings. The molecule has 3 rings (SSSR count). The molecule has 0 unspecified atom stereocenters. The number of hydrogen-bond acceptors (Lipinski definition) is 3. The fraction of sp³-hybridized carbons (Fsp3) is 0.462. The number of carboxylic acid groups (broad SMARTS) is 1. The Kier molecular flexibility index (Phi) is 2.73. The number of carbonyl (C=O) groups is 1. The summed E-state index contributed by atoms with van der Waals surface area (Å²) >= 11 is 3.39. The maximum Gasteiger partial charge on any atom is 0.306 e. The fourth-order valence-corrected chi connectivity index (χ4v) is 2.92. The van der Waals surface area contributed by atoms with E-state index in [1.807, 2.05) is 18.2 Å². The van der Waals surface area contributed by atoms with E-state index in [0.717, 1.165) is 16.0 Å². The lowest BCUT2D eigenvalue weighted by Crippen LogP contribution is -2.43. The van der Waals surface area contributed by atoms with E-state index in [0.29, 0.717) is 25.7 Å². The molecule has 1 aromatic rings. The van der Waals surface area contributed by atoms with Crippen LogP contribution in [-0.2, 0) is 4.79 Å². The Morgan fingerprint density at radius 2 is 1.94 bits per heavy atom. The van der Waals surface area contributed by atoms with Crippen LogP contribution >= 0.6 is 15.9 Å². The highest BCUT2D eigenvalue weighted by atomic mass is 79.9. The Hall–Kier alpha value is -1.23. The van der Waals surface area contributed by atoms with Crippen LogP contribution in [0, 0.1) is 5.92 Å². The molecular weight excluding hydrogens is 300 g/mol. The number of halogens is 1. The summed E-state index contributed by atoms with van der Waals surface area (Å²) in [6.07, 6.45) is 2.45. The summed E-state index contributed by atoms with van der Waals surface area (Å²) in [5.74, 6) is -0.152. The van der Waals surface area contributed by atoms with Crippen LogP contribution < -0.4 is 9.47 Å². The van der Waals surface area contributed by atoms with Gasteiger partial charge in [-0.25, -0.2) is 0 Å². The molecule has 4 nitrogen and oxygen atoms in total. The average molecular weight is 313 g/mol. The van der Waals surface area contributed by atoms with Crippen molar-refractivity contribution in [1.82, 2.24) is 0 Å². The number of fused-ring (bicyclic) bond motifs is 1. The highest BCUT2D eigenvalue weighted by Crippen LogP contribution is 2.47. The van der Waals surface area contributed by atoms with Gasteiger partial charge in [0.25, 0.3) is 5.79 Å². The van der Waals surface area contributed by atoms with Crippen LogP contribution in [-0.4, -0.2) is 16.9 Å². The molecule has 1 spiro atoms. The van der Waals surface area contributed by atoms with Gasteiger partial charge >= 0.3 is 5.97 Å². The molecule has 1 aliphatic carbocycles. The molecule has 0 saturated heterocycles. The van der Waals surface area contributed by atoms with Gasteiger partial charge in [0.1, 0.15) is 0 Å². The van der Waals surface area contributed by atoms with Crippen LogP contribution in [0.3, 0.4) is 0 Å². The smallest absolute Gasteiger partial charge is 0.306 e. The molecule has 1 heterocycles. The number of rotatable bonds is 1. The molecule has 0 atom stereocenters. The fourth-order valence-electron chi connectivity index (χ4n) is 2.58. The molecule has 96 valence electrons. The molecule has 1 saturated carbocycles. The first kappa shape index (κ1) is 11.8. The van der Waals surface area contributed by atoms with Crippen molar-refractivity contribution in [2.24, 2.45) is 5.92 Å². The van der Waals surface area contributed by atoms with E-state index < -0.39 is 11.8 Å². The van der Waals surface area contributed by atoms with Gasteiger partial charge in [0.2, 0.25) is 0 Å². The largest absolute Gasteiger partial charge is 0.481 e. The van der Waals surface area contributed by atoms with E-state index >= 15 is 0 Å². The molecule has 0 bridgehead atoms. The zero-order chi connectivity index (χ0) is 12.8. The van der Waals surface area contributed by atoms with Gasteiger partial charge in [-0.2, -0.15) is 0 Å². The molecule has 18 heavy (non-hydrogen) atoms. The van der Waals surface area contributed by atoms with Crippen LogP contribution in [0.1, 0.15) is 25.7 Å². The molecule has 1 aromatic carbocycles. The van der Waals surface area contributed by atoms with Crippen LogP contribution in [0.15, 0.2) is 22.7 Å². The van der Waals surface area contributed by atoms with Gasteiger partial charge in [-0.05, 0) is 31.0 Å². The average Bonchev–Trinajstić information content (AvgIpc) is 2.66. The van der Waals surface area contributed by atoms with Gasteiger partial charge in [0.05, 0.1) is 5.92 Å². The lowest BCUT2D eigenvalue weighted by atomic mass is 9.85. The molecule has 0 radical (unpaired) electrons. The predicted molar refractivity (Wildman–Crippen MR) is 67.7 cm³/mol. The van der Waals surface area contributed by atoms with Gasteiger partial charge in [-0.1, -0.05) is 15.9 Å².